The SMILES string of the molecule is CC(NC=O)O[P+](=O)O. The van der Waals surface area contributed by atoms with Gasteiger partial charge in [-0.2, -0.15) is 0 Å². The number of nitrogens with one attached hydrogen (secondary N) is 1. The molecule has 5 nitrogen and oxygen atoms in total. The van der Waals surface area contributed by atoms with E-state index in [4.69, 9.17) is 4.89 Å². The summed E-state index contributed by atoms with van der Waals surface area (Å²) >= 11 is 0. The van der Waals surface area contributed by atoms with Crippen molar-refractivity contribution in [3.63, 3.8) is 0 Å². The van der Waals surface area contributed by atoms with Crippen molar-refractivity contribution in [1.82, 2.24) is 5.32 Å². The summed E-state index contributed by atoms with van der Waals surface area (Å²) in [7, 11) is -2.62. The number of amides is 1. The van der Waals surface area contributed by atoms with Crippen molar-refractivity contribution in [3.8, 4) is 0 Å². The van der Waals surface area contributed by atoms with Gasteiger partial charge >= 0.3 is 8.25 Å². The Morgan fingerprint density at radius 3 is 2.78 bits per heavy atom. The molecule has 0 saturated carbocycles. The highest BCUT2D eigenvalue weighted by Gasteiger charge is 2.17. The minimum Gasteiger partial charge on any atom is -0.329 e. The van der Waals surface area contributed by atoms with Gasteiger partial charge in [0, 0.05) is 4.57 Å². The highest BCUT2D eigenvalue weighted by atomic mass is 31.1. The third kappa shape index (κ3) is 5.36. The lowest BCUT2D eigenvalue weighted by Gasteiger charge is -1.97. The normalized spacial score (nSPS) is 14.2. The molecule has 2 unspecified atom stereocenters. The van der Waals surface area contributed by atoms with Crippen molar-refractivity contribution in [2.24, 2.45) is 0 Å². The van der Waals surface area contributed by atoms with E-state index in [-0.39, 0.29) is 0 Å². The topological polar surface area (TPSA) is 75.6 Å². The summed E-state index contributed by atoms with van der Waals surface area (Å²) in [5.41, 5.74) is 0. The first-order valence-electron chi connectivity index (χ1n) is 2.19. The molecular formula is C3H7NO4P+. The molecule has 0 bridgehead atoms. The van der Waals surface area contributed by atoms with E-state index in [1.165, 1.54) is 6.92 Å². The summed E-state index contributed by atoms with van der Waals surface area (Å²) in [4.78, 5) is 17.7. The summed E-state index contributed by atoms with van der Waals surface area (Å²) in [5, 5.41) is 2.13. The second-order valence-corrected chi connectivity index (χ2v) is 1.96. The van der Waals surface area contributed by atoms with Crippen molar-refractivity contribution < 1.29 is 18.8 Å². The van der Waals surface area contributed by atoms with Gasteiger partial charge in [-0.3, -0.25) is 4.79 Å². The summed E-state index contributed by atoms with van der Waals surface area (Å²) in [5.74, 6) is 0. The van der Waals surface area contributed by atoms with Gasteiger partial charge in [-0.25, -0.2) is 0 Å². The lowest BCUT2D eigenvalue weighted by Crippen LogP contribution is -2.24. The molecule has 1 amide bonds. The maximum absolute atomic E-state index is 9.85. The average Bonchev–Trinajstić information content (AvgIpc) is 1.63. The van der Waals surface area contributed by atoms with Crippen molar-refractivity contribution in [2.75, 3.05) is 0 Å². The first-order valence-corrected chi connectivity index (χ1v) is 3.32. The molecule has 2 N–H and O–H groups in total. The van der Waals surface area contributed by atoms with Crippen LogP contribution in [0.15, 0.2) is 0 Å². The summed E-state index contributed by atoms with van der Waals surface area (Å²) in [6.07, 6.45) is -0.320. The van der Waals surface area contributed by atoms with Gasteiger partial charge in [0.05, 0.1) is 0 Å². The van der Waals surface area contributed by atoms with Crippen LogP contribution in [-0.2, 0) is 13.9 Å². The van der Waals surface area contributed by atoms with Gasteiger partial charge in [0.2, 0.25) is 6.41 Å². The van der Waals surface area contributed by atoms with Gasteiger partial charge in [0.25, 0.3) is 0 Å². The lowest BCUT2D eigenvalue weighted by atomic mass is 10.7. The second kappa shape index (κ2) is 4.38. The fourth-order valence-corrected chi connectivity index (χ4v) is 0.593. The van der Waals surface area contributed by atoms with Crippen LogP contribution in [-0.4, -0.2) is 17.5 Å². The van der Waals surface area contributed by atoms with Gasteiger partial charge in [0.1, 0.15) is 0 Å². The summed E-state index contributed by atoms with van der Waals surface area (Å²) in [6.45, 7) is 1.44. The highest BCUT2D eigenvalue weighted by Crippen LogP contribution is 2.15. The van der Waals surface area contributed by atoms with E-state index in [2.05, 4.69) is 9.84 Å². The van der Waals surface area contributed by atoms with Crippen molar-refractivity contribution >= 4 is 14.7 Å². The Balaban J connectivity index is 3.37. The molecule has 52 valence electrons. The van der Waals surface area contributed by atoms with Crippen LogP contribution < -0.4 is 5.32 Å². The first kappa shape index (κ1) is 8.49. The van der Waals surface area contributed by atoms with Crippen LogP contribution in [0.4, 0.5) is 0 Å². The molecular weight excluding hydrogens is 145 g/mol. The Hall–Kier alpha value is -0.510. The van der Waals surface area contributed by atoms with E-state index in [1.54, 1.807) is 0 Å². The van der Waals surface area contributed by atoms with E-state index >= 15 is 0 Å². The standard InChI is InChI=1S/C3H6NO4P/c1-3(4-2-5)8-9(6)7/h2-3H,1H3,(H-,4,5,6,7)/p+1. The average molecular weight is 152 g/mol. The molecule has 0 aliphatic heterocycles. The number of hydrogen-bond acceptors (Lipinski definition) is 3. The molecule has 9 heavy (non-hydrogen) atoms. The number of carbonyl (C=O) groups is 1. The zero-order valence-electron chi connectivity index (χ0n) is 4.77. The Kier molecular flexibility index (Phi) is 4.13. The van der Waals surface area contributed by atoms with Crippen LogP contribution in [0.1, 0.15) is 6.92 Å². The van der Waals surface area contributed by atoms with Crippen LogP contribution in [0.3, 0.4) is 0 Å². The first-order chi connectivity index (χ1) is 4.16. The molecule has 2 atom stereocenters. The van der Waals surface area contributed by atoms with Crippen LogP contribution in [0.25, 0.3) is 0 Å². The Morgan fingerprint density at radius 1 is 1.89 bits per heavy atom. The monoisotopic (exact) mass is 152 g/mol. The van der Waals surface area contributed by atoms with Crippen LogP contribution in [0.2, 0.25) is 0 Å². The Labute approximate surface area is 53.0 Å². The fraction of sp³-hybridized carbons (Fsp3) is 0.667. The Morgan fingerprint density at radius 2 is 2.44 bits per heavy atom. The van der Waals surface area contributed by atoms with E-state index in [0.717, 1.165) is 0 Å². The zero-order valence-corrected chi connectivity index (χ0v) is 5.67. The van der Waals surface area contributed by atoms with E-state index in [1.807, 2.05) is 0 Å². The van der Waals surface area contributed by atoms with E-state index < -0.39 is 14.5 Å². The minimum atomic E-state index is -2.62. The van der Waals surface area contributed by atoms with E-state index in [9.17, 15) is 9.36 Å². The molecule has 0 aromatic rings. The maximum atomic E-state index is 9.85. The van der Waals surface area contributed by atoms with Gasteiger partial charge < -0.3 is 5.32 Å². The molecule has 0 aliphatic carbocycles. The highest BCUT2D eigenvalue weighted by molar-refractivity contribution is 7.32. The molecule has 0 aliphatic rings. The van der Waals surface area contributed by atoms with Gasteiger partial charge in [-0.05, 0) is 6.92 Å². The quantitative estimate of drug-likeness (QED) is 0.330. The molecule has 0 heterocycles. The van der Waals surface area contributed by atoms with E-state index in [0.29, 0.717) is 6.41 Å². The largest absolute Gasteiger partial charge is 0.696 e. The molecule has 6 heteroatoms. The third-order valence-corrected chi connectivity index (χ3v) is 1.05. The van der Waals surface area contributed by atoms with Crippen LogP contribution >= 0.6 is 8.25 Å². The molecule has 0 fully saturated rings. The number of hydrogen-bond donors (Lipinski definition) is 2. The predicted octanol–water partition coefficient (Wildman–Crippen LogP) is -0.255. The van der Waals surface area contributed by atoms with Crippen molar-refractivity contribution in [2.45, 2.75) is 13.2 Å². The van der Waals surface area contributed by atoms with Gasteiger partial charge in [-0.1, -0.05) is 4.52 Å². The van der Waals surface area contributed by atoms with Crippen LogP contribution in [0, 0.1) is 0 Å². The molecule has 0 saturated heterocycles. The molecule has 0 aromatic heterocycles. The molecule has 0 radical (unpaired) electrons. The smallest absolute Gasteiger partial charge is 0.329 e. The molecule has 0 rings (SSSR count). The number of carbonyl (C=O) groups excluding carboxylic acids is 1. The van der Waals surface area contributed by atoms with Gasteiger partial charge in [-0.15, -0.1) is 4.89 Å². The van der Waals surface area contributed by atoms with Gasteiger partial charge in [0.15, 0.2) is 6.23 Å². The zero-order chi connectivity index (χ0) is 7.28. The second-order valence-electron chi connectivity index (χ2n) is 1.27. The molecule has 0 spiro atoms. The number of rotatable bonds is 4. The van der Waals surface area contributed by atoms with Crippen molar-refractivity contribution in [3.05, 3.63) is 0 Å². The fourth-order valence-electron chi connectivity index (χ4n) is 0.262. The lowest BCUT2D eigenvalue weighted by molar-refractivity contribution is -0.111. The minimum absolute atomic E-state index is 0.392. The molecule has 0 aromatic carbocycles. The Bertz CT molecular complexity index is 116. The predicted molar refractivity (Wildman–Crippen MR) is 29.6 cm³/mol. The van der Waals surface area contributed by atoms with Crippen LogP contribution in [0.5, 0.6) is 0 Å². The third-order valence-electron chi connectivity index (χ3n) is 0.551. The summed E-state index contributed by atoms with van der Waals surface area (Å²) in [6, 6.07) is 0. The maximum Gasteiger partial charge on any atom is 0.696 e. The summed E-state index contributed by atoms with van der Waals surface area (Å²) < 4.78 is 14.1. The van der Waals surface area contributed by atoms with Crippen molar-refractivity contribution in [1.29, 1.82) is 0 Å².